The van der Waals surface area contributed by atoms with Crippen molar-refractivity contribution in [2.75, 3.05) is 18.4 Å². The molecule has 0 unspecified atom stereocenters. The molecule has 0 radical (unpaired) electrons. The first-order valence-corrected chi connectivity index (χ1v) is 5.65. The number of benzene rings is 1. The van der Waals surface area contributed by atoms with E-state index in [1.807, 2.05) is 6.92 Å². The van der Waals surface area contributed by atoms with Gasteiger partial charge in [-0.25, -0.2) is 0 Å². The number of nitro benzene ring substituents is 1. The third-order valence-corrected chi connectivity index (χ3v) is 2.36. The van der Waals surface area contributed by atoms with Gasteiger partial charge in [0.2, 0.25) is 5.91 Å². The van der Waals surface area contributed by atoms with Crippen molar-refractivity contribution >= 4 is 28.7 Å². The lowest BCUT2D eigenvalue weighted by Crippen LogP contribution is -2.29. The number of amides is 1. The molecule has 0 fully saturated rings. The first-order chi connectivity index (χ1) is 9.10. The van der Waals surface area contributed by atoms with Crippen LogP contribution in [0, 0.1) is 10.1 Å². The second-order valence-electron chi connectivity index (χ2n) is 3.74. The molecule has 1 aromatic carbocycles. The summed E-state index contributed by atoms with van der Waals surface area (Å²) in [7, 11) is 0. The van der Waals surface area contributed by atoms with Crippen molar-refractivity contribution in [1.29, 1.82) is 0 Å². The van der Waals surface area contributed by atoms with Crippen LogP contribution >= 0.6 is 0 Å². The molecule has 0 aliphatic rings. The van der Waals surface area contributed by atoms with Gasteiger partial charge in [0.25, 0.3) is 11.7 Å². The first kappa shape index (κ1) is 12.8. The molecule has 0 spiro atoms. The van der Waals surface area contributed by atoms with Gasteiger partial charge in [0.1, 0.15) is 5.52 Å². The van der Waals surface area contributed by atoms with E-state index in [0.29, 0.717) is 17.6 Å². The monoisotopic (exact) mass is 264 g/mol. The van der Waals surface area contributed by atoms with E-state index in [2.05, 4.69) is 15.6 Å². The number of carbonyl (C=O) groups excluding carboxylic acids is 1. The zero-order chi connectivity index (χ0) is 13.8. The molecule has 2 N–H and O–H groups in total. The molecule has 0 aliphatic carbocycles. The first-order valence-electron chi connectivity index (χ1n) is 5.65. The van der Waals surface area contributed by atoms with Crippen molar-refractivity contribution in [2.24, 2.45) is 0 Å². The van der Waals surface area contributed by atoms with Crippen LogP contribution in [0.4, 0.5) is 11.7 Å². The van der Waals surface area contributed by atoms with E-state index >= 15 is 0 Å². The van der Waals surface area contributed by atoms with Gasteiger partial charge in [-0.05, 0) is 13.0 Å². The smallest absolute Gasteiger partial charge is 0.296 e. The summed E-state index contributed by atoms with van der Waals surface area (Å²) in [6.45, 7) is 2.39. The van der Waals surface area contributed by atoms with Crippen LogP contribution in [0.3, 0.4) is 0 Å². The lowest BCUT2D eigenvalue weighted by Gasteiger charge is -2.01. The summed E-state index contributed by atoms with van der Waals surface area (Å²) < 4.78 is 5.28. The summed E-state index contributed by atoms with van der Waals surface area (Å²) in [5.74, 6) is -0.185. The highest BCUT2D eigenvalue weighted by Gasteiger charge is 2.12. The number of nitrogens with zero attached hydrogens (tertiary/aromatic N) is 2. The maximum atomic E-state index is 11.2. The second kappa shape index (κ2) is 5.34. The third-order valence-electron chi connectivity index (χ3n) is 2.36. The van der Waals surface area contributed by atoms with Crippen molar-refractivity contribution in [3.63, 3.8) is 0 Å². The van der Waals surface area contributed by atoms with Gasteiger partial charge in [-0.2, -0.15) is 4.98 Å². The standard InChI is InChI=1S/C11H12N4O4/c1-2-12-10(16)6-13-11-14-8-4-3-7(15(17)18)5-9(8)19-11/h3-5H,2,6H2,1H3,(H,12,16)(H,13,14). The molecule has 19 heavy (non-hydrogen) atoms. The highest BCUT2D eigenvalue weighted by molar-refractivity contribution is 5.81. The van der Waals surface area contributed by atoms with Gasteiger partial charge in [0.05, 0.1) is 17.5 Å². The Kier molecular flexibility index (Phi) is 3.60. The zero-order valence-corrected chi connectivity index (χ0v) is 10.2. The molecular weight excluding hydrogens is 252 g/mol. The molecule has 0 atom stereocenters. The number of likely N-dealkylation sites (N-methyl/N-ethyl adjacent to an activating group) is 1. The van der Waals surface area contributed by atoms with Gasteiger partial charge >= 0.3 is 0 Å². The Morgan fingerprint density at radius 1 is 1.53 bits per heavy atom. The van der Waals surface area contributed by atoms with Crippen LogP contribution in [0.5, 0.6) is 0 Å². The normalized spacial score (nSPS) is 10.4. The SMILES string of the molecule is CCNC(=O)CNc1nc2ccc([N+](=O)[O-])cc2o1. The maximum Gasteiger partial charge on any atom is 0.296 e. The van der Waals surface area contributed by atoms with Gasteiger partial charge in [0, 0.05) is 12.6 Å². The lowest BCUT2D eigenvalue weighted by atomic mass is 10.3. The Morgan fingerprint density at radius 2 is 2.32 bits per heavy atom. The number of oxazole rings is 1. The van der Waals surface area contributed by atoms with Gasteiger partial charge < -0.3 is 15.1 Å². The van der Waals surface area contributed by atoms with Gasteiger partial charge in [-0.3, -0.25) is 14.9 Å². The molecule has 2 rings (SSSR count). The Morgan fingerprint density at radius 3 is 3.00 bits per heavy atom. The van der Waals surface area contributed by atoms with E-state index in [1.165, 1.54) is 18.2 Å². The summed E-state index contributed by atoms with van der Waals surface area (Å²) in [6, 6.07) is 4.29. The molecule has 8 nitrogen and oxygen atoms in total. The number of hydrogen-bond acceptors (Lipinski definition) is 6. The Hall–Kier alpha value is -2.64. The summed E-state index contributed by atoms with van der Waals surface area (Å²) in [4.78, 5) is 25.4. The molecule has 1 amide bonds. The predicted molar refractivity (Wildman–Crippen MR) is 67.8 cm³/mol. The number of nitro groups is 1. The van der Waals surface area contributed by atoms with E-state index in [9.17, 15) is 14.9 Å². The van der Waals surface area contributed by atoms with E-state index in [4.69, 9.17) is 4.42 Å². The molecule has 0 saturated heterocycles. The predicted octanol–water partition coefficient (Wildman–Crippen LogP) is 1.28. The van der Waals surface area contributed by atoms with Crippen LogP contribution in [0.15, 0.2) is 22.6 Å². The average molecular weight is 264 g/mol. The van der Waals surface area contributed by atoms with Crippen LogP contribution in [0.25, 0.3) is 11.1 Å². The molecule has 1 heterocycles. The number of non-ortho nitro benzene ring substituents is 1. The van der Waals surface area contributed by atoms with E-state index < -0.39 is 4.92 Å². The van der Waals surface area contributed by atoms with Crippen LogP contribution < -0.4 is 10.6 Å². The van der Waals surface area contributed by atoms with Gasteiger partial charge in [-0.15, -0.1) is 0 Å². The van der Waals surface area contributed by atoms with Crippen LogP contribution in [-0.2, 0) is 4.79 Å². The Balaban J connectivity index is 2.13. The van der Waals surface area contributed by atoms with Gasteiger partial charge in [0.15, 0.2) is 5.58 Å². The molecule has 1 aromatic heterocycles. The van der Waals surface area contributed by atoms with Crippen LogP contribution in [0.1, 0.15) is 6.92 Å². The number of fused-ring (bicyclic) bond motifs is 1. The summed E-state index contributed by atoms with van der Waals surface area (Å²) in [5, 5.41) is 15.9. The van der Waals surface area contributed by atoms with Crippen molar-refractivity contribution in [3.05, 3.63) is 28.3 Å². The van der Waals surface area contributed by atoms with E-state index in [-0.39, 0.29) is 24.2 Å². The number of nitrogens with one attached hydrogen (secondary N) is 2. The van der Waals surface area contributed by atoms with Gasteiger partial charge in [-0.1, -0.05) is 0 Å². The number of carbonyl (C=O) groups is 1. The average Bonchev–Trinajstić information content (AvgIpc) is 2.78. The Bertz CT molecular complexity index is 622. The largest absolute Gasteiger partial charge is 0.423 e. The summed E-state index contributed by atoms with van der Waals surface area (Å²) in [5.41, 5.74) is 0.718. The zero-order valence-electron chi connectivity index (χ0n) is 10.2. The molecule has 8 heteroatoms. The van der Waals surface area contributed by atoms with E-state index in [1.54, 1.807) is 0 Å². The molecule has 0 aliphatic heterocycles. The molecule has 100 valence electrons. The highest BCUT2D eigenvalue weighted by Crippen LogP contribution is 2.23. The molecule has 0 bridgehead atoms. The minimum atomic E-state index is -0.510. The number of anilines is 1. The van der Waals surface area contributed by atoms with Crippen molar-refractivity contribution in [2.45, 2.75) is 6.92 Å². The summed E-state index contributed by atoms with van der Waals surface area (Å²) >= 11 is 0. The third kappa shape index (κ3) is 2.97. The van der Waals surface area contributed by atoms with Crippen molar-refractivity contribution < 1.29 is 14.1 Å². The minimum Gasteiger partial charge on any atom is -0.423 e. The van der Waals surface area contributed by atoms with Crippen molar-refractivity contribution in [3.8, 4) is 0 Å². The number of hydrogen-bond donors (Lipinski definition) is 2. The minimum absolute atomic E-state index is 0.0305. The summed E-state index contributed by atoms with van der Waals surface area (Å²) in [6.07, 6.45) is 0. The molecule has 2 aromatic rings. The fourth-order valence-electron chi connectivity index (χ4n) is 1.52. The quantitative estimate of drug-likeness (QED) is 0.621. The fourth-order valence-corrected chi connectivity index (χ4v) is 1.52. The fraction of sp³-hybridized carbons (Fsp3) is 0.273. The lowest BCUT2D eigenvalue weighted by molar-refractivity contribution is -0.384. The molecule has 0 saturated carbocycles. The van der Waals surface area contributed by atoms with E-state index in [0.717, 1.165) is 0 Å². The number of aromatic nitrogens is 1. The molecular formula is C11H12N4O4. The highest BCUT2D eigenvalue weighted by atomic mass is 16.6. The van der Waals surface area contributed by atoms with Crippen LogP contribution in [0.2, 0.25) is 0 Å². The number of rotatable bonds is 5. The second-order valence-corrected chi connectivity index (χ2v) is 3.74. The maximum absolute atomic E-state index is 11.2. The topological polar surface area (TPSA) is 110 Å². The van der Waals surface area contributed by atoms with Crippen LogP contribution in [-0.4, -0.2) is 28.9 Å². The Labute approximate surface area is 108 Å². The van der Waals surface area contributed by atoms with Crippen molar-refractivity contribution in [1.82, 2.24) is 10.3 Å².